The van der Waals surface area contributed by atoms with Crippen LogP contribution in [0.2, 0.25) is 0 Å². The normalized spacial score (nSPS) is 16.6. The molecule has 0 unspecified atom stereocenters. The topological polar surface area (TPSA) is 91.9 Å². The molecule has 0 saturated carbocycles. The fourth-order valence-corrected chi connectivity index (χ4v) is 2.97. The summed E-state index contributed by atoms with van der Waals surface area (Å²) in [7, 11) is 1.34. The number of methoxy groups -OCH3 is 1. The Hall–Kier alpha value is -1.38. The molecule has 0 bridgehead atoms. The third-order valence-electron chi connectivity index (χ3n) is 3.17. The van der Waals surface area contributed by atoms with Crippen LogP contribution in [-0.4, -0.2) is 66.8 Å². The van der Waals surface area contributed by atoms with Crippen molar-refractivity contribution in [3.8, 4) is 0 Å². The molecule has 1 aliphatic heterocycles. The van der Waals surface area contributed by atoms with Gasteiger partial charge in [0, 0.05) is 32.7 Å². The number of carbonyl (C=O) groups is 1. The van der Waals surface area contributed by atoms with Gasteiger partial charge in [-0.25, -0.2) is 4.79 Å². The molecule has 2 rings (SSSR count). The van der Waals surface area contributed by atoms with E-state index in [1.54, 1.807) is 0 Å². The first-order valence-corrected chi connectivity index (χ1v) is 6.86. The molecular weight excluding hydrogens is 268 g/mol. The molecule has 0 atom stereocenters. The molecule has 7 nitrogen and oxygen atoms in total. The minimum absolute atomic E-state index is 0.168. The van der Waals surface area contributed by atoms with E-state index in [4.69, 9.17) is 15.6 Å². The average molecular weight is 286 g/mol. The number of piperazine rings is 1. The largest absolute Gasteiger partial charge is 0.465 e. The van der Waals surface area contributed by atoms with Gasteiger partial charge in [-0.15, -0.1) is 0 Å². The number of carbonyl (C=O) groups excluding carboxylic acids is 1. The predicted octanol–water partition coefficient (Wildman–Crippen LogP) is -0.374. The van der Waals surface area contributed by atoms with Crippen LogP contribution in [-0.2, 0) is 4.74 Å². The van der Waals surface area contributed by atoms with Crippen molar-refractivity contribution >= 4 is 28.3 Å². The lowest BCUT2D eigenvalue weighted by atomic mass is 10.2. The van der Waals surface area contributed by atoms with Gasteiger partial charge in [-0.2, -0.15) is 4.37 Å². The number of aliphatic hydroxyl groups is 1. The van der Waals surface area contributed by atoms with Crippen molar-refractivity contribution < 1.29 is 14.6 Å². The smallest absolute Gasteiger partial charge is 0.344 e. The fourth-order valence-electron chi connectivity index (χ4n) is 2.12. The summed E-state index contributed by atoms with van der Waals surface area (Å²) in [5.41, 5.74) is 6.09. The fraction of sp³-hybridized carbons (Fsp3) is 0.636. The number of aromatic nitrogens is 1. The zero-order valence-electron chi connectivity index (χ0n) is 10.8. The van der Waals surface area contributed by atoms with Gasteiger partial charge in [0.25, 0.3) is 0 Å². The predicted molar refractivity (Wildman–Crippen MR) is 73.6 cm³/mol. The van der Waals surface area contributed by atoms with Crippen LogP contribution in [0.25, 0.3) is 0 Å². The van der Waals surface area contributed by atoms with Crippen molar-refractivity contribution in [2.45, 2.75) is 0 Å². The van der Waals surface area contributed by atoms with Gasteiger partial charge in [-0.3, -0.25) is 4.90 Å². The van der Waals surface area contributed by atoms with Crippen molar-refractivity contribution in [3.05, 3.63) is 5.56 Å². The third kappa shape index (κ3) is 2.96. The maximum atomic E-state index is 11.7. The quantitative estimate of drug-likeness (QED) is 0.729. The number of ether oxygens (including phenoxy) is 1. The van der Waals surface area contributed by atoms with E-state index in [0.29, 0.717) is 12.1 Å². The van der Waals surface area contributed by atoms with E-state index in [2.05, 4.69) is 14.2 Å². The standard InChI is InChI=1S/C11H18N4O3S/c1-18-11(17)8-9(12)13-19-10(8)15-4-2-14(3-5-15)6-7-16/h16H,2-7H2,1H3,(H2,12,13). The van der Waals surface area contributed by atoms with Crippen molar-refractivity contribution in [2.75, 3.05) is 57.1 Å². The van der Waals surface area contributed by atoms with Gasteiger partial charge in [-0.05, 0) is 11.5 Å². The van der Waals surface area contributed by atoms with E-state index in [1.165, 1.54) is 18.6 Å². The molecule has 0 radical (unpaired) electrons. The SMILES string of the molecule is COC(=O)c1c(N)nsc1N1CCN(CCO)CC1. The lowest BCUT2D eigenvalue weighted by Crippen LogP contribution is -2.47. The molecule has 0 aliphatic carbocycles. The summed E-state index contributed by atoms with van der Waals surface area (Å²) >= 11 is 1.22. The second-order valence-corrected chi connectivity index (χ2v) is 5.04. The Morgan fingerprint density at radius 2 is 2.16 bits per heavy atom. The van der Waals surface area contributed by atoms with Gasteiger partial charge >= 0.3 is 5.97 Å². The highest BCUT2D eigenvalue weighted by molar-refractivity contribution is 7.11. The number of hydrogen-bond donors (Lipinski definition) is 2. The molecule has 0 aromatic carbocycles. The lowest BCUT2D eigenvalue weighted by molar-refractivity contribution is 0.0603. The summed E-state index contributed by atoms with van der Waals surface area (Å²) in [4.78, 5) is 16.0. The van der Waals surface area contributed by atoms with Gasteiger partial charge in [0.2, 0.25) is 0 Å². The molecule has 0 amide bonds. The third-order valence-corrected chi connectivity index (χ3v) is 4.09. The number of hydrogen-bond acceptors (Lipinski definition) is 8. The van der Waals surface area contributed by atoms with Crippen LogP contribution in [0.5, 0.6) is 0 Å². The van der Waals surface area contributed by atoms with Crippen LogP contribution in [0.3, 0.4) is 0 Å². The minimum atomic E-state index is -0.445. The maximum absolute atomic E-state index is 11.7. The Balaban J connectivity index is 2.09. The van der Waals surface area contributed by atoms with Crippen LogP contribution >= 0.6 is 11.5 Å². The van der Waals surface area contributed by atoms with Crippen LogP contribution in [0.15, 0.2) is 0 Å². The monoisotopic (exact) mass is 286 g/mol. The highest BCUT2D eigenvalue weighted by Gasteiger charge is 2.26. The first-order chi connectivity index (χ1) is 9.17. The molecule has 19 heavy (non-hydrogen) atoms. The zero-order chi connectivity index (χ0) is 13.8. The number of esters is 1. The number of β-amino-alcohol motifs (C(OH)–C–C–N with tert-alkyl or cyclic N) is 1. The molecule has 1 fully saturated rings. The molecule has 106 valence electrons. The number of nitrogens with two attached hydrogens (primary N) is 1. The maximum Gasteiger partial charge on any atom is 0.344 e. The summed E-state index contributed by atoms with van der Waals surface area (Å²) in [6.07, 6.45) is 0. The van der Waals surface area contributed by atoms with Crippen LogP contribution in [0.1, 0.15) is 10.4 Å². The molecule has 0 spiro atoms. The number of aliphatic hydroxyl groups excluding tert-OH is 1. The Labute approximate surface area is 115 Å². The highest BCUT2D eigenvalue weighted by Crippen LogP contribution is 2.31. The first-order valence-electron chi connectivity index (χ1n) is 6.09. The Morgan fingerprint density at radius 3 is 2.74 bits per heavy atom. The second-order valence-electron chi connectivity index (χ2n) is 4.29. The molecule has 1 aliphatic rings. The van der Waals surface area contributed by atoms with Gasteiger partial charge in [0.15, 0.2) is 5.82 Å². The summed E-state index contributed by atoms with van der Waals surface area (Å²) in [6, 6.07) is 0. The van der Waals surface area contributed by atoms with Crippen LogP contribution in [0, 0.1) is 0 Å². The Morgan fingerprint density at radius 1 is 1.47 bits per heavy atom. The number of rotatable bonds is 4. The van der Waals surface area contributed by atoms with E-state index < -0.39 is 5.97 Å². The molecule has 2 heterocycles. The van der Waals surface area contributed by atoms with Crippen molar-refractivity contribution in [1.29, 1.82) is 0 Å². The van der Waals surface area contributed by atoms with E-state index in [1.807, 2.05) is 0 Å². The number of anilines is 2. The van der Waals surface area contributed by atoms with Crippen molar-refractivity contribution in [1.82, 2.24) is 9.27 Å². The zero-order valence-corrected chi connectivity index (χ0v) is 11.7. The molecule has 1 aromatic rings. The molecule has 1 aromatic heterocycles. The summed E-state index contributed by atoms with van der Waals surface area (Å²) in [5.74, 6) is -0.219. The lowest BCUT2D eigenvalue weighted by Gasteiger charge is -2.34. The van der Waals surface area contributed by atoms with Crippen molar-refractivity contribution in [2.24, 2.45) is 0 Å². The number of nitrogen functional groups attached to an aromatic ring is 1. The molecule has 1 saturated heterocycles. The summed E-state index contributed by atoms with van der Waals surface area (Å²) in [6.45, 7) is 4.11. The van der Waals surface area contributed by atoms with Gasteiger partial charge in [0.05, 0.1) is 13.7 Å². The van der Waals surface area contributed by atoms with Gasteiger partial charge in [0.1, 0.15) is 10.6 Å². The Kier molecular flexibility index (Phi) is 4.56. The molecular formula is C11H18N4O3S. The van der Waals surface area contributed by atoms with Crippen molar-refractivity contribution in [3.63, 3.8) is 0 Å². The van der Waals surface area contributed by atoms with Crippen LogP contribution in [0.4, 0.5) is 10.8 Å². The second kappa shape index (κ2) is 6.18. The summed E-state index contributed by atoms with van der Waals surface area (Å²) < 4.78 is 8.78. The highest BCUT2D eigenvalue weighted by atomic mass is 32.1. The molecule has 8 heteroatoms. The van der Waals surface area contributed by atoms with Gasteiger partial charge < -0.3 is 20.5 Å². The average Bonchev–Trinajstić information content (AvgIpc) is 2.81. The number of nitrogens with zero attached hydrogens (tertiary/aromatic N) is 3. The van der Waals surface area contributed by atoms with E-state index in [-0.39, 0.29) is 12.4 Å². The van der Waals surface area contributed by atoms with E-state index in [9.17, 15) is 4.79 Å². The van der Waals surface area contributed by atoms with Crippen LogP contribution < -0.4 is 10.6 Å². The minimum Gasteiger partial charge on any atom is -0.465 e. The molecule has 3 N–H and O–H groups in total. The Bertz CT molecular complexity index is 443. The first kappa shape index (κ1) is 14.0. The van der Waals surface area contributed by atoms with Gasteiger partial charge in [-0.1, -0.05) is 0 Å². The summed E-state index contributed by atoms with van der Waals surface area (Å²) in [5, 5.41) is 9.68. The van der Waals surface area contributed by atoms with E-state index in [0.717, 1.165) is 31.2 Å². The van der Waals surface area contributed by atoms with E-state index >= 15 is 0 Å².